The monoisotopic (exact) mass is 247 g/mol. The zero-order valence-corrected chi connectivity index (χ0v) is 10.4. The van der Waals surface area contributed by atoms with Gasteiger partial charge >= 0.3 is 0 Å². The van der Waals surface area contributed by atoms with E-state index >= 15 is 0 Å². The summed E-state index contributed by atoms with van der Waals surface area (Å²) in [5.74, 6) is -0.362. The Kier molecular flexibility index (Phi) is 4.20. The summed E-state index contributed by atoms with van der Waals surface area (Å²) in [6.45, 7) is 1.86. The highest BCUT2D eigenvalue weighted by atomic mass is 32.2. The molecule has 0 bridgehead atoms. The zero-order valence-electron chi connectivity index (χ0n) is 8.46. The summed E-state index contributed by atoms with van der Waals surface area (Å²) >= 11 is 0. The fourth-order valence-corrected chi connectivity index (χ4v) is 2.71. The average molecular weight is 247 g/mol. The van der Waals surface area contributed by atoms with Gasteiger partial charge in [0.1, 0.15) is 15.9 Å². The van der Waals surface area contributed by atoms with E-state index in [-0.39, 0.29) is 11.8 Å². The molecule has 6 heteroatoms. The van der Waals surface area contributed by atoms with Crippen LogP contribution in [0.3, 0.4) is 0 Å². The highest BCUT2D eigenvalue weighted by molar-refractivity contribution is 7.85. The van der Waals surface area contributed by atoms with Gasteiger partial charge in [-0.1, -0.05) is 6.92 Å². The average Bonchev–Trinajstić information content (AvgIpc) is 2.14. The maximum Gasteiger partial charge on any atom is 0.195 e. The predicted octanol–water partition coefficient (Wildman–Crippen LogP) is -0.0292. The molecule has 1 aromatic heterocycles. The smallest absolute Gasteiger partial charge is 0.195 e. The quantitative estimate of drug-likeness (QED) is 0.426. The largest absolute Gasteiger partial charge is 0.748 e. The maximum absolute atomic E-state index is 10.7. The number of hydrogen-bond acceptors (Lipinski definition) is 3. The van der Waals surface area contributed by atoms with Crippen LogP contribution in [0.25, 0.3) is 0 Å². The van der Waals surface area contributed by atoms with E-state index in [1.165, 1.54) is 0 Å². The number of nitrogens with zero attached hydrogens (tertiary/aromatic N) is 1. The van der Waals surface area contributed by atoms with E-state index in [1.807, 2.05) is 25.1 Å². The first-order chi connectivity index (χ1) is 6.94. The molecule has 15 heavy (non-hydrogen) atoms. The van der Waals surface area contributed by atoms with Gasteiger partial charge in [0, 0.05) is 18.6 Å². The first-order valence-corrected chi connectivity index (χ1v) is 6.78. The molecule has 0 saturated carbocycles. The van der Waals surface area contributed by atoms with E-state index in [9.17, 15) is 13.0 Å². The van der Waals surface area contributed by atoms with E-state index in [1.54, 1.807) is 10.8 Å². The van der Waals surface area contributed by atoms with Gasteiger partial charge in [-0.3, -0.25) is 0 Å². The maximum atomic E-state index is 10.7. The van der Waals surface area contributed by atoms with Crippen molar-refractivity contribution in [1.29, 1.82) is 0 Å². The Bertz CT molecular complexity index is 433. The van der Waals surface area contributed by atoms with Gasteiger partial charge < -0.3 is 4.55 Å². The Morgan fingerprint density at radius 1 is 1.53 bits per heavy atom. The standard InChI is InChI=1S/C9H14NO3PS/c1-2-8(7-15(11,12)13)10-6-4-3-5-9(10)14/h3-6,8H,2,7,14H2,1H3. The second-order valence-corrected chi connectivity index (χ2v) is 5.36. The third-order valence-electron chi connectivity index (χ3n) is 2.18. The summed E-state index contributed by atoms with van der Waals surface area (Å²) in [6.07, 6.45) is 2.39. The lowest BCUT2D eigenvalue weighted by Gasteiger charge is -2.14. The Morgan fingerprint density at radius 3 is 2.67 bits per heavy atom. The van der Waals surface area contributed by atoms with Crippen molar-refractivity contribution < 1.29 is 17.5 Å². The molecule has 0 aliphatic heterocycles. The molecule has 1 heterocycles. The molecule has 84 valence electrons. The van der Waals surface area contributed by atoms with Crippen molar-refractivity contribution in [3.05, 3.63) is 24.4 Å². The molecule has 0 fully saturated rings. The molecule has 1 aromatic rings. The SMILES string of the molecule is CCC(CS(=O)(=O)[O-])[n+]1ccccc1P. The molecule has 0 radical (unpaired) electrons. The predicted molar refractivity (Wildman–Crippen MR) is 59.9 cm³/mol. The van der Waals surface area contributed by atoms with Gasteiger partial charge in [0.2, 0.25) is 0 Å². The van der Waals surface area contributed by atoms with Crippen LogP contribution in [0.2, 0.25) is 0 Å². The van der Waals surface area contributed by atoms with Crippen molar-refractivity contribution in [2.75, 3.05) is 5.75 Å². The van der Waals surface area contributed by atoms with Crippen LogP contribution in [0, 0.1) is 0 Å². The van der Waals surface area contributed by atoms with Crippen molar-refractivity contribution >= 4 is 24.8 Å². The molecule has 0 amide bonds. The highest BCUT2D eigenvalue weighted by Crippen LogP contribution is 2.05. The third-order valence-corrected chi connectivity index (χ3v) is 3.47. The molecule has 2 atom stereocenters. The second-order valence-electron chi connectivity index (χ2n) is 3.32. The number of pyridine rings is 1. The summed E-state index contributed by atoms with van der Waals surface area (Å²) in [6, 6.07) is 5.23. The molecule has 0 aromatic carbocycles. The molecule has 0 aliphatic rings. The first kappa shape index (κ1) is 12.6. The van der Waals surface area contributed by atoms with E-state index in [2.05, 4.69) is 9.24 Å². The minimum atomic E-state index is -4.18. The van der Waals surface area contributed by atoms with Crippen molar-refractivity contribution in [2.24, 2.45) is 0 Å². The summed E-state index contributed by atoms with van der Waals surface area (Å²) in [7, 11) is -1.66. The van der Waals surface area contributed by atoms with Crippen molar-refractivity contribution in [2.45, 2.75) is 19.4 Å². The lowest BCUT2D eigenvalue weighted by Crippen LogP contribution is -2.51. The van der Waals surface area contributed by atoms with Gasteiger partial charge in [0.05, 0.1) is 0 Å². The van der Waals surface area contributed by atoms with Crippen LogP contribution in [-0.2, 0) is 10.1 Å². The number of hydrogen-bond donors (Lipinski definition) is 0. The van der Waals surface area contributed by atoms with E-state index in [4.69, 9.17) is 0 Å². The lowest BCUT2D eigenvalue weighted by atomic mass is 10.2. The second kappa shape index (κ2) is 5.01. The van der Waals surface area contributed by atoms with Gasteiger partial charge in [0.25, 0.3) is 0 Å². The van der Waals surface area contributed by atoms with E-state index in [0.717, 1.165) is 5.44 Å². The van der Waals surface area contributed by atoms with Crippen LogP contribution < -0.4 is 10.0 Å². The molecular weight excluding hydrogens is 233 g/mol. The van der Waals surface area contributed by atoms with Gasteiger partial charge in [-0.25, -0.2) is 8.42 Å². The summed E-state index contributed by atoms with van der Waals surface area (Å²) < 4.78 is 33.9. The van der Waals surface area contributed by atoms with Crippen LogP contribution in [0.1, 0.15) is 19.4 Å². The molecule has 1 rings (SSSR count). The van der Waals surface area contributed by atoms with Crippen LogP contribution >= 0.6 is 9.24 Å². The van der Waals surface area contributed by atoms with Crippen LogP contribution in [-0.4, -0.2) is 18.7 Å². The van der Waals surface area contributed by atoms with E-state index in [0.29, 0.717) is 6.42 Å². The molecular formula is C9H14NO3PS. The van der Waals surface area contributed by atoms with Crippen LogP contribution in [0.15, 0.2) is 24.4 Å². The molecule has 4 nitrogen and oxygen atoms in total. The van der Waals surface area contributed by atoms with Crippen molar-refractivity contribution in [3.8, 4) is 0 Å². The van der Waals surface area contributed by atoms with Gasteiger partial charge in [-0.05, 0) is 15.3 Å². The minimum Gasteiger partial charge on any atom is -0.748 e. The number of rotatable bonds is 4. The van der Waals surface area contributed by atoms with E-state index < -0.39 is 10.1 Å². The fraction of sp³-hybridized carbons (Fsp3) is 0.444. The molecule has 0 N–H and O–H groups in total. The topological polar surface area (TPSA) is 61.1 Å². The molecule has 0 aliphatic carbocycles. The molecule has 0 saturated heterocycles. The van der Waals surface area contributed by atoms with Gasteiger partial charge in [-0.2, -0.15) is 4.57 Å². The number of aromatic nitrogens is 1. The summed E-state index contributed by atoms with van der Waals surface area (Å²) in [5, 5.41) is 0. The Morgan fingerprint density at radius 2 is 2.20 bits per heavy atom. The summed E-state index contributed by atoms with van der Waals surface area (Å²) in [5.41, 5.74) is 0.869. The van der Waals surface area contributed by atoms with Crippen LogP contribution in [0.4, 0.5) is 0 Å². The Hall–Kier alpha value is -0.510. The minimum absolute atomic E-state index is 0.291. The van der Waals surface area contributed by atoms with Crippen molar-refractivity contribution in [1.82, 2.24) is 0 Å². The van der Waals surface area contributed by atoms with Crippen LogP contribution in [0.5, 0.6) is 0 Å². The summed E-state index contributed by atoms with van der Waals surface area (Å²) in [4.78, 5) is 0. The fourth-order valence-electron chi connectivity index (χ4n) is 1.43. The Labute approximate surface area is 92.3 Å². The van der Waals surface area contributed by atoms with Crippen molar-refractivity contribution in [3.63, 3.8) is 0 Å². The lowest BCUT2D eigenvalue weighted by molar-refractivity contribution is -0.701. The third kappa shape index (κ3) is 3.86. The zero-order chi connectivity index (χ0) is 11.5. The molecule has 2 unspecified atom stereocenters. The van der Waals surface area contributed by atoms with Gasteiger partial charge in [-0.15, -0.1) is 0 Å². The Balaban J connectivity index is 2.98. The molecule has 0 spiro atoms. The first-order valence-electron chi connectivity index (χ1n) is 4.63. The normalized spacial score (nSPS) is 13.8. The highest BCUT2D eigenvalue weighted by Gasteiger charge is 2.21. The van der Waals surface area contributed by atoms with Gasteiger partial charge in [0.15, 0.2) is 17.7 Å².